The van der Waals surface area contributed by atoms with E-state index in [2.05, 4.69) is 34.9 Å². The quantitative estimate of drug-likeness (QED) is 0.479. The van der Waals surface area contributed by atoms with E-state index in [1.807, 2.05) is 24.3 Å². The van der Waals surface area contributed by atoms with Crippen LogP contribution in [0.1, 0.15) is 43.2 Å². The summed E-state index contributed by atoms with van der Waals surface area (Å²) in [5.74, 6) is -0.936. The predicted octanol–water partition coefficient (Wildman–Crippen LogP) is 3.55. The Morgan fingerprint density at radius 3 is 2.17 bits per heavy atom. The Hall–Kier alpha value is -3.39. The van der Waals surface area contributed by atoms with Crippen LogP contribution >= 0.6 is 0 Å². The molecule has 0 aliphatic heterocycles. The minimum Gasteiger partial charge on any atom is -0.480 e. The van der Waals surface area contributed by atoms with Crippen LogP contribution in [0.2, 0.25) is 0 Å². The molecule has 2 aromatic carbocycles. The fraction of sp³-hybridized carbons (Fsp3) is 0.444. The fourth-order valence-corrected chi connectivity index (χ4v) is 5.09. The van der Waals surface area contributed by atoms with Gasteiger partial charge in [0.25, 0.3) is 0 Å². The zero-order valence-corrected chi connectivity index (χ0v) is 20.0. The van der Waals surface area contributed by atoms with Crippen LogP contribution < -0.4 is 10.6 Å². The number of carboxylic acids is 1. The molecule has 2 aliphatic carbocycles. The van der Waals surface area contributed by atoms with Gasteiger partial charge in [-0.05, 0) is 53.9 Å². The number of fused-ring (bicyclic) bond motifs is 3. The second-order valence-corrected chi connectivity index (χ2v) is 9.44. The van der Waals surface area contributed by atoms with Crippen LogP contribution in [-0.2, 0) is 19.1 Å². The first-order chi connectivity index (χ1) is 16.9. The van der Waals surface area contributed by atoms with E-state index in [0.29, 0.717) is 6.54 Å². The zero-order valence-electron chi connectivity index (χ0n) is 20.0. The van der Waals surface area contributed by atoms with E-state index in [4.69, 9.17) is 9.47 Å². The monoisotopic (exact) mass is 480 g/mol. The van der Waals surface area contributed by atoms with Crippen LogP contribution in [0.15, 0.2) is 48.5 Å². The smallest absolute Gasteiger partial charge is 0.407 e. The van der Waals surface area contributed by atoms with Crippen molar-refractivity contribution in [1.29, 1.82) is 0 Å². The summed E-state index contributed by atoms with van der Waals surface area (Å²) in [4.78, 5) is 35.9. The molecule has 35 heavy (non-hydrogen) atoms. The molecule has 1 saturated carbocycles. The SMILES string of the molecule is CO[C@H](C)[C@H](NC(=O)CC1CC(CNC(=O)OCC2c3ccccc3-c3ccccc32)C1)C(=O)O. The molecule has 1 fully saturated rings. The van der Waals surface area contributed by atoms with Crippen molar-refractivity contribution in [3.05, 3.63) is 59.7 Å². The highest BCUT2D eigenvalue weighted by molar-refractivity contribution is 5.84. The lowest BCUT2D eigenvalue weighted by atomic mass is 9.73. The van der Waals surface area contributed by atoms with Crippen molar-refractivity contribution < 1.29 is 29.0 Å². The molecule has 0 heterocycles. The van der Waals surface area contributed by atoms with E-state index in [1.54, 1.807) is 6.92 Å². The molecule has 0 unspecified atom stereocenters. The second-order valence-electron chi connectivity index (χ2n) is 9.44. The Morgan fingerprint density at radius 2 is 1.60 bits per heavy atom. The van der Waals surface area contributed by atoms with E-state index >= 15 is 0 Å². The number of carboxylic acid groups (broad SMARTS) is 1. The van der Waals surface area contributed by atoms with Gasteiger partial charge in [-0.3, -0.25) is 4.79 Å². The molecule has 0 aromatic heterocycles. The summed E-state index contributed by atoms with van der Waals surface area (Å²) >= 11 is 0. The topological polar surface area (TPSA) is 114 Å². The molecule has 0 spiro atoms. The van der Waals surface area contributed by atoms with Gasteiger partial charge in [0.1, 0.15) is 6.61 Å². The van der Waals surface area contributed by atoms with Crippen LogP contribution in [0.25, 0.3) is 11.1 Å². The highest BCUT2D eigenvalue weighted by Crippen LogP contribution is 2.44. The Kier molecular flexibility index (Phi) is 7.70. The van der Waals surface area contributed by atoms with E-state index in [9.17, 15) is 19.5 Å². The number of nitrogens with one attached hydrogen (secondary N) is 2. The van der Waals surface area contributed by atoms with Crippen molar-refractivity contribution in [3.8, 4) is 11.1 Å². The average Bonchev–Trinajstić information content (AvgIpc) is 3.15. The van der Waals surface area contributed by atoms with Crippen molar-refractivity contribution in [2.45, 2.75) is 44.2 Å². The van der Waals surface area contributed by atoms with E-state index in [1.165, 1.54) is 29.4 Å². The molecule has 8 heteroatoms. The number of carbonyl (C=O) groups excluding carboxylic acids is 2. The van der Waals surface area contributed by atoms with Gasteiger partial charge in [0, 0.05) is 26.0 Å². The maximum atomic E-state index is 12.3. The molecule has 186 valence electrons. The first-order valence-electron chi connectivity index (χ1n) is 12.0. The number of alkyl carbamates (subject to hydrolysis) is 1. The first-order valence-corrected chi connectivity index (χ1v) is 12.0. The summed E-state index contributed by atoms with van der Waals surface area (Å²) in [5.41, 5.74) is 4.72. The third-order valence-electron chi connectivity index (χ3n) is 7.11. The van der Waals surface area contributed by atoms with E-state index < -0.39 is 24.2 Å². The van der Waals surface area contributed by atoms with Crippen molar-refractivity contribution in [2.75, 3.05) is 20.3 Å². The molecular weight excluding hydrogens is 448 g/mol. The lowest BCUT2D eigenvalue weighted by molar-refractivity contribution is -0.145. The van der Waals surface area contributed by atoms with Gasteiger partial charge in [0.15, 0.2) is 6.04 Å². The molecule has 3 N–H and O–H groups in total. The normalized spacial score (nSPS) is 20.1. The van der Waals surface area contributed by atoms with Gasteiger partial charge in [0.2, 0.25) is 5.91 Å². The fourth-order valence-electron chi connectivity index (χ4n) is 5.09. The van der Waals surface area contributed by atoms with Crippen molar-refractivity contribution >= 4 is 18.0 Å². The summed E-state index contributed by atoms with van der Waals surface area (Å²) in [6.07, 6.45) is 0.809. The molecule has 2 amide bonds. The van der Waals surface area contributed by atoms with Gasteiger partial charge in [0.05, 0.1) is 6.10 Å². The molecule has 2 aromatic rings. The first kappa shape index (κ1) is 24.7. The molecule has 2 atom stereocenters. The number of ether oxygens (including phenoxy) is 2. The molecule has 4 rings (SSSR count). The maximum absolute atomic E-state index is 12.3. The molecule has 0 saturated heterocycles. The number of benzene rings is 2. The van der Waals surface area contributed by atoms with Crippen LogP contribution in [0.4, 0.5) is 4.79 Å². The van der Waals surface area contributed by atoms with Crippen molar-refractivity contribution in [1.82, 2.24) is 10.6 Å². The average molecular weight is 481 g/mol. The van der Waals surface area contributed by atoms with Crippen LogP contribution in [-0.4, -0.2) is 55.5 Å². The van der Waals surface area contributed by atoms with Gasteiger partial charge in [-0.15, -0.1) is 0 Å². The summed E-state index contributed by atoms with van der Waals surface area (Å²) < 4.78 is 10.6. The molecule has 2 aliphatic rings. The number of rotatable bonds is 10. The predicted molar refractivity (Wildman–Crippen MR) is 130 cm³/mol. The molecular formula is C27H32N2O6. The van der Waals surface area contributed by atoms with Gasteiger partial charge in [-0.2, -0.15) is 0 Å². The third kappa shape index (κ3) is 5.65. The van der Waals surface area contributed by atoms with Gasteiger partial charge in [-0.25, -0.2) is 9.59 Å². The molecule has 0 bridgehead atoms. The zero-order chi connectivity index (χ0) is 24.9. The number of aliphatic carboxylic acids is 1. The van der Waals surface area contributed by atoms with Gasteiger partial charge >= 0.3 is 12.1 Å². The van der Waals surface area contributed by atoms with Crippen LogP contribution in [0, 0.1) is 11.8 Å². The number of amides is 2. The Labute approximate surface area is 205 Å². The standard InChI is InChI=1S/C27H32N2O6/c1-16(34-2)25(26(31)32)29-24(30)13-17-11-18(12-17)14-28-27(33)35-15-23-21-9-5-3-7-19(21)20-8-4-6-10-22(20)23/h3-10,16-18,23,25H,11-15H2,1-2H3,(H,28,33)(H,29,30)(H,31,32)/t16-,17?,18?,25+/m1/s1. The third-order valence-corrected chi connectivity index (χ3v) is 7.11. The highest BCUT2D eigenvalue weighted by atomic mass is 16.5. The Balaban J connectivity index is 1.18. The Bertz CT molecular complexity index is 1040. The van der Waals surface area contributed by atoms with E-state index in [0.717, 1.165) is 12.8 Å². The van der Waals surface area contributed by atoms with Gasteiger partial charge in [-0.1, -0.05) is 48.5 Å². The molecule has 0 radical (unpaired) electrons. The van der Waals surface area contributed by atoms with Crippen molar-refractivity contribution in [3.63, 3.8) is 0 Å². The second kappa shape index (κ2) is 10.9. The highest BCUT2D eigenvalue weighted by Gasteiger charge is 2.33. The number of hydrogen-bond acceptors (Lipinski definition) is 5. The number of carbonyl (C=O) groups is 3. The summed E-state index contributed by atoms with van der Waals surface area (Å²) in [6.45, 7) is 2.37. The van der Waals surface area contributed by atoms with Crippen LogP contribution in [0.3, 0.4) is 0 Å². The summed E-state index contributed by atoms with van der Waals surface area (Å²) in [6, 6.07) is 15.3. The largest absolute Gasteiger partial charge is 0.480 e. The lowest BCUT2D eigenvalue weighted by Crippen LogP contribution is -2.49. The molecule has 8 nitrogen and oxygen atoms in total. The van der Waals surface area contributed by atoms with E-state index in [-0.39, 0.29) is 36.7 Å². The minimum absolute atomic E-state index is 0.0233. The van der Waals surface area contributed by atoms with Crippen molar-refractivity contribution in [2.24, 2.45) is 11.8 Å². The van der Waals surface area contributed by atoms with Gasteiger partial charge < -0.3 is 25.2 Å². The summed E-state index contributed by atoms with van der Waals surface area (Å²) in [5, 5.41) is 14.6. The minimum atomic E-state index is -1.12. The summed E-state index contributed by atoms with van der Waals surface area (Å²) in [7, 11) is 1.41. The lowest BCUT2D eigenvalue weighted by Gasteiger charge is -2.35. The number of hydrogen-bond donors (Lipinski definition) is 3. The van der Waals surface area contributed by atoms with Crippen LogP contribution in [0.5, 0.6) is 0 Å². The number of methoxy groups -OCH3 is 1. The Morgan fingerprint density at radius 1 is 1.00 bits per heavy atom. The maximum Gasteiger partial charge on any atom is 0.407 e.